The van der Waals surface area contributed by atoms with Crippen LogP contribution >= 0.6 is 0 Å². The van der Waals surface area contributed by atoms with E-state index in [-0.39, 0.29) is 35.6 Å². The standard InChI is InChI=1S/C21H26N4O5/c1-4-30-21(29)14-9-11-25(12-10-14)17(26)13-23(2)20(28)18-15-7-5-6-8-16(15)19(27)24(3)22-18/h5-8,14H,4,9-13H2,1-3H3. The largest absolute Gasteiger partial charge is 0.466 e. The van der Waals surface area contributed by atoms with E-state index in [4.69, 9.17) is 4.74 Å². The molecule has 0 unspecified atom stereocenters. The van der Waals surface area contributed by atoms with Gasteiger partial charge < -0.3 is 14.5 Å². The number of amides is 2. The first-order valence-corrected chi connectivity index (χ1v) is 9.99. The van der Waals surface area contributed by atoms with E-state index < -0.39 is 5.91 Å². The second-order valence-corrected chi connectivity index (χ2v) is 7.39. The molecule has 0 radical (unpaired) electrons. The van der Waals surface area contributed by atoms with Gasteiger partial charge in [-0.2, -0.15) is 5.10 Å². The lowest BCUT2D eigenvalue weighted by Crippen LogP contribution is -2.46. The number of rotatable bonds is 5. The SMILES string of the molecule is CCOC(=O)C1CCN(C(=O)CN(C)C(=O)c2nn(C)c(=O)c3ccccc23)CC1. The fraction of sp³-hybridized carbons (Fsp3) is 0.476. The average Bonchev–Trinajstić information content (AvgIpc) is 2.76. The van der Waals surface area contributed by atoms with Gasteiger partial charge in [-0.1, -0.05) is 18.2 Å². The molecular weight excluding hydrogens is 388 g/mol. The van der Waals surface area contributed by atoms with Crippen molar-refractivity contribution in [2.24, 2.45) is 13.0 Å². The van der Waals surface area contributed by atoms with Gasteiger partial charge in [-0.15, -0.1) is 0 Å². The third-order valence-corrected chi connectivity index (χ3v) is 5.35. The Balaban J connectivity index is 1.68. The number of benzene rings is 1. The second-order valence-electron chi connectivity index (χ2n) is 7.39. The molecule has 0 N–H and O–H groups in total. The van der Waals surface area contributed by atoms with Crippen molar-refractivity contribution >= 4 is 28.6 Å². The maximum absolute atomic E-state index is 13.0. The molecule has 30 heavy (non-hydrogen) atoms. The van der Waals surface area contributed by atoms with E-state index >= 15 is 0 Å². The minimum absolute atomic E-state index is 0.109. The molecule has 1 aromatic heterocycles. The van der Waals surface area contributed by atoms with Gasteiger partial charge in [0.05, 0.1) is 24.5 Å². The predicted molar refractivity (Wildman–Crippen MR) is 110 cm³/mol. The smallest absolute Gasteiger partial charge is 0.309 e. The maximum Gasteiger partial charge on any atom is 0.309 e. The normalized spacial score (nSPS) is 14.6. The molecule has 2 aromatic rings. The molecule has 9 nitrogen and oxygen atoms in total. The van der Waals surface area contributed by atoms with Gasteiger partial charge in [0.15, 0.2) is 5.69 Å². The van der Waals surface area contributed by atoms with Gasteiger partial charge in [0.2, 0.25) is 5.91 Å². The van der Waals surface area contributed by atoms with E-state index in [0.717, 1.165) is 4.68 Å². The number of likely N-dealkylation sites (N-methyl/N-ethyl adjacent to an activating group) is 1. The summed E-state index contributed by atoms with van der Waals surface area (Å²) in [5.41, 5.74) is -0.158. The van der Waals surface area contributed by atoms with Gasteiger partial charge in [-0.25, -0.2) is 4.68 Å². The van der Waals surface area contributed by atoms with Gasteiger partial charge >= 0.3 is 5.97 Å². The van der Waals surface area contributed by atoms with Gasteiger partial charge in [0.25, 0.3) is 11.5 Å². The Morgan fingerprint density at radius 2 is 1.80 bits per heavy atom. The maximum atomic E-state index is 13.0. The van der Waals surface area contributed by atoms with E-state index in [1.165, 1.54) is 19.0 Å². The molecule has 0 aliphatic carbocycles. The molecule has 2 amide bonds. The van der Waals surface area contributed by atoms with E-state index in [1.54, 1.807) is 36.1 Å². The monoisotopic (exact) mass is 414 g/mol. The van der Waals surface area contributed by atoms with Crippen molar-refractivity contribution in [3.8, 4) is 0 Å². The summed E-state index contributed by atoms with van der Waals surface area (Å²) in [5.74, 6) is -1.03. The molecule has 1 saturated heterocycles. The average molecular weight is 414 g/mol. The zero-order valence-corrected chi connectivity index (χ0v) is 17.5. The molecule has 1 fully saturated rings. The van der Waals surface area contributed by atoms with Crippen LogP contribution < -0.4 is 5.56 Å². The Labute approximate surface area is 174 Å². The van der Waals surface area contributed by atoms with Crippen LogP contribution in [0, 0.1) is 5.92 Å². The molecule has 1 aliphatic rings. The highest BCUT2D eigenvalue weighted by molar-refractivity contribution is 6.05. The number of hydrogen-bond acceptors (Lipinski definition) is 6. The summed E-state index contributed by atoms with van der Waals surface area (Å²) in [5, 5.41) is 4.99. The fourth-order valence-electron chi connectivity index (χ4n) is 3.64. The molecule has 0 saturated carbocycles. The number of nitrogens with zero attached hydrogens (tertiary/aromatic N) is 4. The summed E-state index contributed by atoms with van der Waals surface area (Å²) < 4.78 is 6.18. The highest BCUT2D eigenvalue weighted by Crippen LogP contribution is 2.19. The summed E-state index contributed by atoms with van der Waals surface area (Å²) in [6.45, 7) is 2.91. The van der Waals surface area contributed by atoms with Crippen LogP contribution in [0.1, 0.15) is 30.3 Å². The first-order valence-electron chi connectivity index (χ1n) is 9.99. The summed E-state index contributed by atoms with van der Waals surface area (Å²) in [6.07, 6.45) is 1.10. The third kappa shape index (κ3) is 4.34. The van der Waals surface area contributed by atoms with Crippen molar-refractivity contribution in [2.75, 3.05) is 33.3 Å². The third-order valence-electron chi connectivity index (χ3n) is 5.35. The Hall–Kier alpha value is -3.23. The summed E-state index contributed by atoms with van der Waals surface area (Å²) >= 11 is 0. The number of aryl methyl sites for hydroxylation is 1. The van der Waals surface area contributed by atoms with Gasteiger partial charge in [-0.05, 0) is 25.8 Å². The van der Waals surface area contributed by atoms with Gasteiger partial charge in [-0.3, -0.25) is 19.2 Å². The van der Waals surface area contributed by atoms with Crippen molar-refractivity contribution in [3.63, 3.8) is 0 Å². The predicted octanol–water partition coefficient (Wildman–Crippen LogP) is 0.807. The lowest BCUT2D eigenvalue weighted by Gasteiger charge is -2.32. The van der Waals surface area contributed by atoms with Crippen molar-refractivity contribution in [1.82, 2.24) is 19.6 Å². The molecule has 3 rings (SSSR count). The van der Waals surface area contributed by atoms with Crippen LogP contribution in [-0.4, -0.2) is 70.7 Å². The highest BCUT2D eigenvalue weighted by atomic mass is 16.5. The van der Waals surface area contributed by atoms with Crippen LogP contribution in [0.2, 0.25) is 0 Å². The molecule has 1 aliphatic heterocycles. The van der Waals surface area contributed by atoms with Crippen molar-refractivity contribution in [2.45, 2.75) is 19.8 Å². The summed E-state index contributed by atoms with van der Waals surface area (Å²) in [6, 6.07) is 6.78. The van der Waals surface area contributed by atoms with Crippen LogP contribution in [0.25, 0.3) is 10.8 Å². The minimum atomic E-state index is -0.434. The Kier molecular flexibility index (Phi) is 6.49. The summed E-state index contributed by atoms with van der Waals surface area (Å²) in [7, 11) is 3.03. The Bertz CT molecular complexity index is 1020. The molecule has 1 aromatic carbocycles. The first kappa shape index (κ1) is 21.5. The van der Waals surface area contributed by atoms with E-state index in [9.17, 15) is 19.2 Å². The van der Waals surface area contributed by atoms with Crippen LogP contribution in [0.4, 0.5) is 0 Å². The van der Waals surface area contributed by atoms with Crippen LogP contribution in [0.3, 0.4) is 0 Å². The van der Waals surface area contributed by atoms with E-state index in [2.05, 4.69) is 5.10 Å². The first-order chi connectivity index (χ1) is 14.3. The number of carbonyl (C=O) groups is 3. The second kappa shape index (κ2) is 9.06. The van der Waals surface area contributed by atoms with Crippen LogP contribution in [-0.2, 0) is 21.4 Å². The van der Waals surface area contributed by atoms with E-state index in [0.29, 0.717) is 43.3 Å². The minimum Gasteiger partial charge on any atom is -0.466 e. The highest BCUT2D eigenvalue weighted by Gasteiger charge is 2.29. The van der Waals surface area contributed by atoms with Gasteiger partial charge in [0.1, 0.15) is 0 Å². The fourth-order valence-corrected chi connectivity index (χ4v) is 3.64. The number of aromatic nitrogens is 2. The molecule has 0 spiro atoms. The molecule has 2 heterocycles. The number of likely N-dealkylation sites (tertiary alicyclic amines) is 1. The number of carbonyl (C=O) groups excluding carboxylic acids is 3. The van der Waals surface area contributed by atoms with Crippen LogP contribution in [0.5, 0.6) is 0 Å². The van der Waals surface area contributed by atoms with Crippen molar-refractivity contribution in [1.29, 1.82) is 0 Å². The van der Waals surface area contributed by atoms with Crippen molar-refractivity contribution in [3.05, 3.63) is 40.3 Å². The zero-order valence-electron chi connectivity index (χ0n) is 17.5. The number of ether oxygens (including phenoxy) is 1. The zero-order chi connectivity index (χ0) is 21.8. The molecule has 0 bridgehead atoms. The summed E-state index contributed by atoms with van der Waals surface area (Å²) in [4.78, 5) is 52.7. The number of fused-ring (bicyclic) bond motifs is 1. The Morgan fingerprint density at radius 3 is 2.43 bits per heavy atom. The Morgan fingerprint density at radius 1 is 1.17 bits per heavy atom. The number of esters is 1. The molecule has 0 atom stereocenters. The van der Waals surface area contributed by atoms with E-state index in [1.807, 2.05) is 0 Å². The van der Waals surface area contributed by atoms with Crippen LogP contribution in [0.15, 0.2) is 29.1 Å². The molecule has 9 heteroatoms. The molecular formula is C21H26N4O5. The lowest BCUT2D eigenvalue weighted by molar-refractivity contribution is -0.151. The number of hydrogen-bond donors (Lipinski definition) is 0. The lowest BCUT2D eigenvalue weighted by atomic mass is 9.97. The van der Waals surface area contributed by atoms with Gasteiger partial charge in [0, 0.05) is 32.6 Å². The topological polar surface area (TPSA) is 102 Å². The molecule has 160 valence electrons. The van der Waals surface area contributed by atoms with Crippen molar-refractivity contribution < 1.29 is 19.1 Å². The number of piperidine rings is 1. The quantitative estimate of drug-likeness (QED) is 0.671.